The lowest BCUT2D eigenvalue weighted by Gasteiger charge is -2.07. The first kappa shape index (κ1) is 12.3. The molecule has 5 nitrogen and oxygen atoms in total. The van der Waals surface area contributed by atoms with Gasteiger partial charge in [-0.1, -0.05) is 5.16 Å². The molecule has 1 aromatic carbocycles. The van der Waals surface area contributed by atoms with Gasteiger partial charge in [-0.2, -0.15) is 0 Å². The maximum absolute atomic E-state index is 5.70. The number of furan rings is 1. The zero-order chi connectivity index (χ0) is 13.9. The van der Waals surface area contributed by atoms with Crippen LogP contribution < -0.4 is 10.5 Å². The lowest BCUT2D eigenvalue weighted by atomic mass is 10.2. The molecule has 2 aromatic heterocycles. The maximum Gasteiger partial charge on any atom is 0.202 e. The van der Waals surface area contributed by atoms with Crippen molar-refractivity contribution >= 4 is 5.69 Å². The lowest BCUT2D eigenvalue weighted by Crippen LogP contribution is -1.97. The molecule has 0 saturated heterocycles. The number of benzene rings is 1. The predicted octanol–water partition coefficient (Wildman–Crippen LogP) is 3.40. The van der Waals surface area contributed by atoms with E-state index in [0.717, 1.165) is 17.0 Å². The van der Waals surface area contributed by atoms with Crippen LogP contribution in [0.15, 0.2) is 51.6 Å². The Balaban J connectivity index is 1.70. The van der Waals surface area contributed by atoms with Crippen LogP contribution in [0.4, 0.5) is 5.69 Å². The fourth-order valence-electron chi connectivity index (χ4n) is 1.90. The van der Waals surface area contributed by atoms with Gasteiger partial charge in [-0.3, -0.25) is 0 Å². The van der Waals surface area contributed by atoms with E-state index in [2.05, 4.69) is 5.16 Å². The summed E-state index contributed by atoms with van der Waals surface area (Å²) in [5, 5.41) is 3.95. The predicted molar refractivity (Wildman–Crippen MR) is 74.1 cm³/mol. The first-order chi connectivity index (χ1) is 9.72. The van der Waals surface area contributed by atoms with E-state index < -0.39 is 0 Å². The van der Waals surface area contributed by atoms with Crippen LogP contribution in [-0.4, -0.2) is 5.16 Å². The fourth-order valence-corrected chi connectivity index (χ4v) is 1.90. The van der Waals surface area contributed by atoms with Crippen molar-refractivity contribution in [1.29, 1.82) is 0 Å². The first-order valence-electron chi connectivity index (χ1n) is 6.21. The van der Waals surface area contributed by atoms with Crippen LogP contribution in [0.2, 0.25) is 0 Å². The molecule has 3 aromatic rings. The Hall–Kier alpha value is -2.69. The number of hydrogen-bond donors (Lipinski definition) is 1. The maximum atomic E-state index is 5.70. The highest BCUT2D eigenvalue weighted by Crippen LogP contribution is 2.23. The SMILES string of the molecule is Cc1cc(N)ccc1OCc1cc(-c2ccco2)on1. The number of hydrogen-bond acceptors (Lipinski definition) is 5. The van der Waals surface area contributed by atoms with Crippen LogP contribution >= 0.6 is 0 Å². The van der Waals surface area contributed by atoms with Crippen LogP contribution in [0.5, 0.6) is 5.75 Å². The summed E-state index contributed by atoms with van der Waals surface area (Å²) in [6.07, 6.45) is 1.59. The van der Waals surface area contributed by atoms with Crippen LogP contribution in [0.3, 0.4) is 0 Å². The Morgan fingerprint density at radius 1 is 1.20 bits per heavy atom. The quantitative estimate of drug-likeness (QED) is 0.735. The highest BCUT2D eigenvalue weighted by atomic mass is 16.5. The zero-order valence-corrected chi connectivity index (χ0v) is 11.0. The van der Waals surface area contributed by atoms with Gasteiger partial charge in [-0.05, 0) is 42.8 Å². The number of nitrogens with two attached hydrogens (primary N) is 1. The number of nitrogen functional groups attached to an aromatic ring is 1. The van der Waals surface area contributed by atoms with Gasteiger partial charge in [0, 0.05) is 11.8 Å². The van der Waals surface area contributed by atoms with Gasteiger partial charge in [-0.15, -0.1) is 0 Å². The minimum Gasteiger partial charge on any atom is -0.487 e. The van der Waals surface area contributed by atoms with Gasteiger partial charge in [0.15, 0.2) is 5.76 Å². The number of anilines is 1. The van der Waals surface area contributed by atoms with Crippen molar-refractivity contribution in [2.45, 2.75) is 13.5 Å². The Kier molecular flexibility index (Phi) is 3.16. The molecule has 2 N–H and O–H groups in total. The van der Waals surface area contributed by atoms with E-state index in [1.54, 1.807) is 24.5 Å². The van der Waals surface area contributed by atoms with Crippen molar-refractivity contribution < 1.29 is 13.7 Å². The normalized spacial score (nSPS) is 10.7. The fraction of sp³-hybridized carbons (Fsp3) is 0.133. The van der Waals surface area contributed by atoms with Crippen LogP contribution in [-0.2, 0) is 6.61 Å². The number of aryl methyl sites for hydroxylation is 1. The van der Waals surface area contributed by atoms with E-state index in [4.69, 9.17) is 19.4 Å². The summed E-state index contributed by atoms with van der Waals surface area (Å²) in [5.74, 6) is 2.01. The van der Waals surface area contributed by atoms with E-state index in [1.165, 1.54) is 0 Å². The molecule has 0 aliphatic rings. The molecular weight excluding hydrogens is 256 g/mol. The van der Waals surface area contributed by atoms with E-state index >= 15 is 0 Å². The second-order valence-corrected chi connectivity index (χ2v) is 4.47. The minimum absolute atomic E-state index is 0.328. The van der Waals surface area contributed by atoms with E-state index in [0.29, 0.717) is 23.8 Å². The molecule has 102 valence electrons. The molecule has 0 unspecified atom stereocenters. The molecular formula is C15H14N2O3. The van der Waals surface area contributed by atoms with E-state index in [1.807, 2.05) is 25.1 Å². The van der Waals surface area contributed by atoms with Crippen LogP contribution in [0, 0.1) is 6.92 Å². The summed E-state index contributed by atoms with van der Waals surface area (Å²) in [6.45, 7) is 2.28. The summed E-state index contributed by atoms with van der Waals surface area (Å²) in [5.41, 5.74) is 8.11. The standard InChI is InChI=1S/C15H14N2O3/c1-10-7-11(16)4-5-13(10)19-9-12-8-15(20-17-12)14-3-2-6-18-14/h2-8H,9,16H2,1H3. The minimum atomic E-state index is 0.328. The molecule has 0 amide bonds. The van der Waals surface area contributed by atoms with Gasteiger partial charge >= 0.3 is 0 Å². The Bertz CT molecular complexity index is 702. The summed E-state index contributed by atoms with van der Waals surface area (Å²) in [4.78, 5) is 0. The van der Waals surface area contributed by atoms with Gasteiger partial charge in [0.1, 0.15) is 18.1 Å². The van der Waals surface area contributed by atoms with E-state index in [-0.39, 0.29) is 0 Å². The third-order valence-corrected chi connectivity index (χ3v) is 2.90. The van der Waals surface area contributed by atoms with Crippen molar-refractivity contribution in [1.82, 2.24) is 5.16 Å². The summed E-state index contributed by atoms with van der Waals surface area (Å²) in [7, 11) is 0. The third-order valence-electron chi connectivity index (χ3n) is 2.90. The molecule has 0 saturated carbocycles. The lowest BCUT2D eigenvalue weighted by molar-refractivity contribution is 0.288. The van der Waals surface area contributed by atoms with Crippen molar-refractivity contribution in [2.75, 3.05) is 5.73 Å². The molecule has 0 bridgehead atoms. The monoisotopic (exact) mass is 270 g/mol. The highest BCUT2D eigenvalue weighted by Gasteiger charge is 2.10. The first-order valence-corrected chi connectivity index (χ1v) is 6.21. The number of rotatable bonds is 4. The number of ether oxygens (including phenoxy) is 1. The second kappa shape index (κ2) is 5.13. The molecule has 0 fully saturated rings. The van der Waals surface area contributed by atoms with Gasteiger partial charge in [0.25, 0.3) is 0 Å². The summed E-state index contributed by atoms with van der Waals surface area (Å²) in [6, 6.07) is 10.9. The average molecular weight is 270 g/mol. The smallest absolute Gasteiger partial charge is 0.202 e. The average Bonchev–Trinajstić information content (AvgIpc) is 3.08. The topological polar surface area (TPSA) is 74.4 Å². The third kappa shape index (κ3) is 2.51. The molecule has 0 aliphatic heterocycles. The number of nitrogens with zero attached hydrogens (tertiary/aromatic N) is 1. The van der Waals surface area contributed by atoms with Gasteiger partial charge in [0.2, 0.25) is 5.76 Å². The molecule has 0 aliphatic carbocycles. The van der Waals surface area contributed by atoms with Crippen molar-refractivity contribution in [3.05, 3.63) is 53.9 Å². The van der Waals surface area contributed by atoms with Gasteiger partial charge < -0.3 is 19.4 Å². The Morgan fingerprint density at radius 2 is 2.10 bits per heavy atom. The Morgan fingerprint density at radius 3 is 2.85 bits per heavy atom. The molecule has 0 spiro atoms. The Labute approximate surface area is 115 Å². The summed E-state index contributed by atoms with van der Waals surface area (Å²) >= 11 is 0. The largest absolute Gasteiger partial charge is 0.487 e. The van der Waals surface area contributed by atoms with Crippen molar-refractivity contribution in [3.8, 4) is 17.3 Å². The van der Waals surface area contributed by atoms with Gasteiger partial charge in [0.05, 0.1) is 6.26 Å². The van der Waals surface area contributed by atoms with Crippen LogP contribution in [0.25, 0.3) is 11.5 Å². The molecule has 20 heavy (non-hydrogen) atoms. The van der Waals surface area contributed by atoms with E-state index in [9.17, 15) is 0 Å². The summed E-state index contributed by atoms with van der Waals surface area (Å²) < 4.78 is 16.1. The van der Waals surface area contributed by atoms with Crippen molar-refractivity contribution in [2.24, 2.45) is 0 Å². The molecule has 5 heteroatoms. The molecule has 2 heterocycles. The zero-order valence-electron chi connectivity index (χ0n) is 11.0. The molecule has 0 atom stereocenters. The van der Waals surface area contributed by atoms with Crippen LogP contribution in [0.1, 0.15) is 11.3 Å². The van der Waals surface area contributed by atoms with Gasteiger partial charge in [-0.25, -0.2) is 0 Å². The molecule has 3 rings (SSSR count). The number of aromatic nitrogens is 1. The molecule has 0 radical (unpaired) electrons. The highest BCUT2D eigenvalue weighted by molar-refractivity contribution is 5.49. The van der Waals surface area contributed by atoms with Crippen molar-refractivity contribution in [3.63, 3.8) is 0 Å². The second-order valence-electron chi connectivity index (χ2n) is 4.47.